The molecule has 0 fully saturated rings. The van der Waals surface area contributed by atoms with Gasteiger partial charge in [-0.2, -0.15) is 0 Å². The second-order valence-corrected chi connectivity index (χ2v) is 8.50. The van der Waals surface area contributed by atoms with E-state index in [4.69, 9.17) is 8.83 Å². The fraction of sp³-hybridized carbons (Fsp3) is 0.0588. The summed E-state index contributed by atoms with van der Waals surface area (Å²) in [6.07, 6.45) is 1.42. The SMILES string of the molecule is O=C(c1ccco1)c1ccc(CNS(=O)(=O)c2ccc3oc(=O)[nH]c3c2)s1. The van der Waals surface area contributed by atoms with Crippen LogP contribution in [0.25, 0.3) is 11.1 Å². The first-order chi connectivity index (χ1) is 12.9. The van der Waals surface area contributed by atoms with Crippen LogP contribution in [0.5, 0.6) is 0 Å². The van der Waals surface area contributed by atoms with Crippen LogP contribution in [0, 0.1) is 0 Å². The first-order valence-electron chi connectivity index (χ1n) is 7.72. The fourth-order valence-electron chi connectivity index (χ4n) is 2.47. The van der Waals surface area contributed by atoms with Gasteiger partial charge in [0.05, 0.1) is 21.6 Å². The lowest BCUT2D eigenvalue weighted by Crippen LogP contribution is -2.22. The van der Waals surface area contributed by atoms with Gasteiger partial charge in [0.15, 0.2) is 11.3 Å². The molecule has 138 valence electrons. The van der Waals surface area contributed by atoms with Gasteiger partial charge >= 0.3 is 5.76 Å². The number of aromatic amines is 1. The van der Waals surface area contributed by atoms with Gasteiger partial charge in [-0.3, -0.25) is 9.78 Å². The molecule has 4 rings (SSSR count). The molecule has 0 aliphatic rings. The molecule has 0 radical (unpaired) electrons. The smallest absolute Gasteiger partial charge is 0.417 e. The second-order valence-electron chi connectivity index (χ2n) is 5.57. The van der Waals surface area contributed by atoms with Crippen molar-refractivity contribution in [2.75, 3.05) is 0 Å². The van der Waals surface area contributed by atoms with E-state index >= 15 is 0 Å². The highest BCUT2D eigenvalue weighted by molar-refractivity contribution is 7.89. The highest BCUT2D eigenvalue weighted by Gasteiger charge is 2.18. The number of aromatic nitrogens is 1. The van der Waals surface area contributed by atoms with Gasteiger partial charge in [-0.1, -0.05) is 0 Å². The maximum absolute atomic E-state index is 12.5. The van der Waals surface area contributed by atoms with Crippen LogP contribution in [0.1, 0.15) is 20.3 Å². The monoisotopic (exact) mass is 404 g/mol. The van der Waals surface area contributed by atoms with Crippen LogP contribution in [-0.4, -0.2) is 19.2 Å². The minimum absolute atomic E-state index is 0.00417. The fourth-order valence-corrected chi connectivity index (χ4v) is 4.49. The summed E-state index contributed by atoms with van der Waals surface area (Å²) in [5.74, 6) is -0.681. The van der Waals surface area contributed by atoms with Crippen molar-refractivity contribution in [1.82, 2.24) is 9.71 Å². The Kier molecular flexibility index (Phi) is 4.30. The maximum atomic E-state index is 12.5. The molecule has 0 saturated heterocycles. The molecule has 0 spiro atoms. The summed E-state index contributed by atoms with van der Waals surface area (Å²) in [7, 11) is -3.81. The number of carbonyl (C=O) groups excluding carboxylic acids is 1. The normalized spacial score (nSPS) is 11.9. The van der Waals surface area contributed by atoms with Crippen LogP contribution in [0.4, 0.5) is 0 Å². The van der Waals surface area contributed by atoms with Gasteiger partial charge in [0.25, 0.3) is 0 Å². The number of rotatable bonds is 6. The van der Waals surface area contributed by atoms with Gasteiger partial charge in [-0.25, -0.2) is 17.9 Å². The van der Waals surface area contributed by atoms with Gasteiger partial charge in [0.2, 0.25) is 15.8 Å². The highest BCUT2D eigenvalue weighted by atomic mass is 32.2. The quantitative estimate of drug-likeness (QED) is 0.476. The Labute approximate surface area is 156 Å². The predicted molar refractivity (Wildman–Crippen MR) is 97.3 cm³/mol. The summed E-state index contributed by atoms with van der Waals surface area (Å²) in [6.45, 7) is 0.0262. The summed E-state index contributed by atoms with van der Waals surface area (Å²) >= 11 is 1.18. The zero-order chi connectivity index (χ0) is 19.0. The lowest BCUT2D eigenvalue weighted by molar-refractivity contribution is 0.101. The molecule has 10 heteroatoms. The molecule has 0 amide bonds. The third-order valence-corrected chi connectivity index (χ3v) is 6.25. The molecule has 3 heterocycles. The molecule has 2 N–H and O–H groups in total. The molecule has 8 nitrogen and oxygen atoms in total. The van der Waals surface area contributed by atoms with Crippen LogP contribution in [0.3, 0.4) is 0 Å². The van der Waals surface area contributed by atoms with Gasteiger partial charge < -0.3 is 8.83 Å². The Bertz CT molecular complexity index is 1280. The molecule has 0 saturated carbocycles. The van der Waals surface area contributed by atoms with Crippen molar-refractivity contribution >= 4 is 38.2 Å². The zero-order valence-corrected chi connectivity index (χ0v) is 15.2. The van der Waals surface area contributed by atoms with E-state index in [0.717, 1.165) is 0 Å². The van der Waals surface area contributed by atoms with E-state index in [-0.39, 0.29) is 28.6 Å². The number of carbonyl (C=O) groups is 1. The summed E-state index contributed by atoms with van der Waals surface area (Å²) < 4.78 is 37.4. The van der Waals surface area contributed by atoms with Crippen LogP contribution >= 0.6 is 11.3 Å². The van der Waals surface area contributed by atoms with Crippen molar-refractivity contribution in [1.29, 1.82) is 0 Å². The molecule has 3 aromatic heterocycles. The van der Waals surface area contributed by atoms with Gasteiger partial charge in [0, 0.05) is 11.4 Å². The summed E-state index contributed by atoms with van der Waals surface area (Å²) in [4.78, 5) is 26.9. The molecular weight excluding hydrogens is 392 g/mol. The maximum Gasteiger partial charge on any atom is 0.417 e. The van der Waals surface area contributed by atoms with E-state index in [0.29, 0.717) is 15.3 Å². The Morgan fingerprint density at radius 1 is 1.19 bits per heavy atom. The van der Waals surface area contributed by atoms with Crippen molar-refractivity contribution in [3.05, 3.63) is 74.8 Å². The van der Waals surface area contributed by atoms with Crippen LogP contribution in [0.15, 0.2) is 67.3 Å². The van der Waals surface area contributed by atoms with Crippen molar-refractivity contribution in [2.45, 2.75) is 11.4 Å². The van der Waals surface area contributed by atoms with Crippen LogP contribution in [-0.2, 0) is 16.6 Å². The van der Waals surface area contributed by atoms with Crippen LogP contribution < -0.4 is 10.5 Å². The van der Waals surface area contributed by atoms with Gasteiger partial charge in [-0.05, 0) is 42.5 Å². The third kappa shape index (κ3) is 3.50. The number of sulfonamides is 1. The highest BCUT2D eigenvalue weighted by Crippen LogP contribution is 2.21. The number of hydrogen-bond acceptors (Lipinski definition) is 7. The number of nitrogens with one attached hydrogen (secondary N) is 2. The zero-order valence-electron chi connectivity index (χ0n) is 13.6. The number of oxazole rings is 1. The predicted octanol–water partition coefficient (Wildman–Crippen LogP) is 2.49. The average molecular weight is 404 g/mol. The minimum Gasteiger partial charge on any atom is -0.461 e. The minimum atomic E-state index is -3.81. The number of thiophene rings is 1. The Morgan fingerprint density at radius 2 is 2.04 bits per heavy atom. The van der Waals surface area contributed by atoms with Crippen molar-refractivity contribution in [3.63, 3.8) is 0 Å². The number of furan rings is 1. The van der Waals surface area contributed by atoms with E-state index in [9.17, 15) is 18.0 Å². The van der Waals surface area contributed by atoms with E-state index in [2.05, 4.69) is 9.71 Å². The molecule has 0 atom stereocenters. The molecule has 27 heavy (non-hydrogen) atoms. The Hall–Kier alpha value is -2.95. The standard InChI is InChI=1S/C17H12N2O6S2/c20-16(14-2-1-7-24-14)15-6-3-10(26-15)9-18-27(22,23)11-4-5-13-12(8-11)19-17(21)25-13/h1-8,18H,9H2,(H,19,21). The van der Waals surface area contributed by atoms with Gasteiger partial charge in [0.1, 0.15) is 0 Å². The average Bonchev–Trinajstić information content (AvgIpc) is 3.38. The molecule has 1 aromatic carbocycles. The number of fused-ring (bicyclic) bond motifs is 1. The van der Waals surface area contributed by atoms with Crippen molar-refractivity contribution < 1.29 is 22.0 Å². The molecule has 0 aliphatic heterocycles. The van der Waals surface area contributed by atoms with E-state index in [1.54, 1.807) is 24.3 Å². The largest absolute Gasteiger partial charge is 0.461 e. The van der Waals surface area contributed by atoms with E-state index in [1.807, 2.05) is 0 Å². The van der Waals surface area contributed by atoms with Gasteiger partial charge in [-0.15, -0.1) is 11.3 Å². The number of hydrogen-bond donors (Lipinski definition) is 2. The lowest BCUT2D eigenvalue weighted by atomic mass is 10.2. The molecule has 0 bridgehead atoms. The Balaban J connectivity index is 1.50. The lowest BCUT2D eigenvalue weighted by Gasteiger charge is -2.05. The summed E-state index contributed by atoms with van der Waals surface area (Å²) in [5.41, 5.74) is 0.573. The first kappa shape index (κ1) is 17.5. The van der Waals surface area contributed by atoms with E-state index in [1.165, 1.54) is 35.8 Å². The number of benzene rings is 1. The number of ketones is 1. The van der Waals surface area contributed by atoms with Crippen LogP contribution in [0.2, 0.25) is 0 Å². The van der Waals surface area contributed by atoms with Crippen molar-refractivity contribution in [2.24, 2.45) is 0 Å². The third-order valence-electron chi connectivity index (χ3n) is 3.77. The van der Waals surface area contributed by atoms with E-state index < -0.39 is 15.8 Å². The summed E-state index contributed by atoms with van der Waals surface area (Å²) in [6, 6.07) is 10.6. The molecule has 0 aliphatic carbocycles. The second kappa shape index (κ2) is 6.65. The van der Waals surface area contributed by atoms with Crippen molar-refractivity contribution in [3.8, 4) is 0 Å². The first-order valence-corrected chi connectivity index (χ1v) is 10.0. The topological polar surface area (TPSA) is 122 Å². The molecule has 0 unspecified atom stereocenters. The Morgan fingerprint density at radius 3 is 2.81 bits per heavy atom. The molecular formula is C17H12N2O6S2. The summed E-state index contributed by atoms with van der Waals surface area (Å²) in [5, 5.41) is 0. The molecule has 4 aromatic rings. The number of H-pyrrole nitrogens is 1.